The van der Waals surface area contributed by atoms with Crippen LogP contribution in [0.2, 0.25) is 10.0 Å². The monoisotopic (exact) mass is 297 g/mol. The summed E-state index contributed by atoms with van der Waals surface area (Å²) in [7, 11) is 0. The number of halogens is 4. The van der Waals surface area contributed by atoms with Gasteiger partial charge in [-0.2, -0.15) is 0 Å². The van der Waals surface area contributed by atoms with E-state index < -0.39 is 13.0 Å². The van der Waals surface area contributed by atoms with E-state index in [1.54, 1.807) is 12.1 Å². The average molecular weight is 298 g/mol. The first kappa shape index (κ1) is 15.6. The van der Waals surface area contributed by atoms with Crippen LogP contribution in [-0.4, -0.2) is 26.2 Å². The predicted octanol–water partition coefficient (Wildman–Crippen LogP) is 3.93. The summed E-state index contributed by atoms with van der Waals surface area (Å²) in [5.74, 6) is 0. The summed E-state index contributed by atoms with van der Waals surface area (Å²) in [4.78, 5) is 0. The maximum atomic E-state index is 11.8. The first-order chi connectivity index (χ1) is 8.50. The van der Waals surface area contributed by atoms with Crippen molar-refractivity contribution in [1.82, 2.24) is 5.32 Å². The molecule has 2 nitrogen and oxygen atoms in total. The third-order valence-electron chi connectivity index (χ3n) is 2.37. The molecule has 1 aromatic rings. The molecule has 1 unspecified atom stereocenters. The molecule has 0 bridgehead atoms. The number of nitrogens with one attached hydrogen (secondary N) is 1. The topological polar surface area (TPSA) is 21.3 Å². The fraction of sp³-hybridized carbons (Fsp3) is 0.500. The van der Waals surface area contributed by atoms with E-state index in [1.165, 1.54) is 0 Å². The molecule has 0 radical (unpaired) electrons. The molecule has 6 heteroatoms. The van der Waals surface area contributed by atoms with Crippen LogP contribution in [0, 0.1) is 0 Å². The fourth-order valence-corrected chi connectivity index (χ4v) is 2.05. The van der Waals surface area contributed by atoms with Gasteiger partial charge in [-0.15, -0.1) is 0 Å². The molecule has 1 aromatic carbocycles. The van der Waals surface area contributed by atoms with Crippen molar-refractivity contribution >= 4 is 23.2 Å². The molecule has 0 fully saturated rings. The number of ether oxygens (including phenoxy) is 1. The highest BCUT2D eigenvalue weighted by Gasteiger charge is 2.09. The van der Waals surface area contributed by atoms with Gasteiger partial charge in [0.15, 0.2) is 0 Å². The Morgan fingerprint density at radius 2 is 2.06 bits per heavy atom. The second-order valence-corrected chi connectivity index (χ2v) is 4.65. The normalized spacial score (nSPS) is 13.0. The standard InChI is InChI=1S/C12H15Cl2F2NO/c1-8(17-4-5-18-7-12(15)16)10-3-2-9(13)6-11(10)14/h2-3,6,8,12,17H,4-5,7H2,1H3. The number of rotatable bonds is 7. The molecule has 1 rings (SSSR count). The molecule has 1 atom stereocenters. The van der Waals surface area contributed by atoms with Crippen LogP contribution in [0.1, 0.15) is 18.5 Å². The third-order valence-corrected chi connectivity index (χ3v) is 2.93. The van der Waals surface area contributed by atoms with E-state index in [1.807, 2.05) is 13.0 Å². The van der Waals surface area contributed by atoms with Crippen molar-refractivity contribution in [2.75, 3.05) is 19.8 Å². The Bertz CT molecular complexity index is 377. The van der Waals surface area contributed by atoms with Gasteiger partial charge in [-0.25, -0.2) is 8.78 Å². The van der Waals surface area contributed by atoms with Gasteiger partial charge in [-0.1, -0.05) is 29.3 Å². The zero-order valence-corrected chi connectivity index (χ0v) is 11.4. The highest BCUT2D eigenvalue weighted by atomic mass is 35.5. The summed E-state index contributed by atoms with van der Waals surface area (Å²) in [6.45, 7) is 2.12. The van der Waals surface area contributed by atoms with Crippen molar-refractivity contribution < 1.29 is 13.5 Å². The van der Waals surface area contributed by atoms with E-state index >= 15 is 0 Å². The summed E-state index contributed by atoms with van der Waals surface area (Å²) in [5.41, 5.74) is 0.912. The molecule has 0 spiro atoms. The lowest BCUT2D eigenvalue weighted by molar-refractivity contribution is 0.0183. The van der Waals surface area contributed by atoms with Crippen LogP contribution >= 0.6 is 23.2 Å². The van der Waals surface area contributed by atoms with Crippen LogP contribution in [0.25, 0.3) is 0 Å². The molecule has 0 amide bonds. The number of benzene rings is 1. The predicted molar refractivity (Wildman–Crippen MR) is 69.7 cm³/mol. The maximum absolute atomic E-state index is 11.8. The van der Waals surface area contributed by atoms with Crippen molar-refractivity contribution in [3.63, 3.8) is 0 Å². The second-order valence-electron chi connectivity index (χ2n) is 3.81. The first-order valence-corrected chi connectivity index (χ1v) is 6.30. The molecule has 0 aromatic heterocycles. The summed E-state index contributed by atoms with van der Waals surface area (Å²) in [6.07, 6.45) is -2.42. The smallest absolute Gasteiger partial charge is 0.261 e. The van der Waals surface area contributed by atoms with Crippen molar-refractivity contribution in [2.45, 2.75) is 19.4 Å². The zero-order chi connectivity index (χ0) is 13.5. The van der Waals surface area contributed by atoms with E-state index in [2.05, 4.69) is 5.32 Å². The Balaban J connectivity index is 2.34. The molecular formula is C12H15Cl2F2NO. The number of hydrogen-bond acceptors (Lipinski definition) is 2. The summed E-state index contributed by atoms with van der Waals surface area (Å²) in [5, 5.41) is 4.29. The molecular weight excluding hydrogens is 283 g/mol. The van der Waals surface area contributed by atoms with Gasteiger partial charge in [-0.05, 0) is 24.6 Å². The Kier molecular flexibility index (Phi) is 6.86. The molecule has 0 aliphatic heterocycles. The Hall–Kier alpha value is -0.420. The zero-order valence-electron chi connectivity index (χ0n) is 9.93. The van der Waals surface area contributed by atoms with Gasteiger partial charge in [0.25, 0.3) is 6.43 Å². The van der Waals surface area contributed by atoms with E-state index in [-0.39, 0.29) is 12.6 Å². The van der Waals surface area contributed by atoms with Crippen LogP contribution in [0.15, 0.2) is 18.2 Å². The third kappa shape index (κ3) is 5.48. The lowest BCUT2D eigenvalue weighted by atomic mass is 10.1. The van der Waals surface area contributed by atoms with Crippen LogP contribution in [0.5, 0.6) is 0 Å². The van der Waals surface area contributed by atoms with Crippen molar-refractivity contribution in [1.29, 1.82) is 0 Å². The van der Waals surface area contributed by atoms with Crippen molar-refractivity contribution in [3.05, 3.63) is 33.8 Å². The van der Waals surface area contributed by atoms with E-state index in [9.17, 15) is 8.78 Å². The molecule has 0 heterocycles. The lowest BCUT2D eigenvalue weighted by Crippen LogP contribution is -2.24. The number of hydrogen-bond donors (Lipinski definition) is 1. The van der Waals surface area contributed by atoms with Crippen LogP contribution in [-0.2, 0) is 4.74 Å². The van der Waals surface area contributed by atoms with Crippen LogP contribution in [0.3, 0.4) is 0 Å². The molecule has 0 saturated heterocycles. The van der Waals surface area contributed by atoms with Gasteiger partial charge in [0, 0.05) is 22.6 Å². The van der Waals surface area contributed by atoms with Gasteiger partial charge in [0.2, 0.25) is 0 Å². The van der Waals surface area contributed by atoms with E-state index in [0.717, 1.165) is 5.56 Å². The lowest BCUT2D eigenvalue weighted by Gasteiger charge is -2.16. The highest BCUT2D eigenvalue weighted by molar-refractivity contribution is 6.35. The van der Waals surface area contributed by atoms with Gasteiger partial charge < -0.3 is 10.1 Å². The molecule has 1 N–H and O–H groups in total. The van der Waals surface area contributed by atoms with Gasteiger partial charge >= 0.3 is 0 Å². The van der Waals surface area contributed by atoms with E-state index in [0.29, 0.717) is 16.6 Å². The van der Waals surface area contributed by atoms with Gasteiger partial charge in [0.05, 0.1) is 6.61 Å². The average Bonchev–Trinajstić information content (AvgIpc) is 2.27. The quantitative estimate of drug-likeness (QED) is 0.770. The molecule has 18 heavy (non-hydrogen) atoms. The first-order valence-electron chi connectivity index (χ1n) is 5.55. The van der Waals surface area contributed by atoms with Crippen molar-refractivity contribution in [2.24, 2.45) is 0 Å². The van der Waals surface area contributed by atoms with Crippen LogP contribution < -0.4 is 5.32 Å². The summed E-state index contributed by atoms with van der Waals surface area (Å²) < 4.78 is 28.4. The Morgan fingerprint density at radius 1 is 1.33 bits per heavy atom. The molecule has 0 saturated carbocycles. The van der Waals surface area contributed by atoms with Crippen LogP contribution in [0.4, 0.5) is 8.78 Å². The Labute approximate surface area is 115 Å². The second kappa shape index (κ2) is 7.89. The summed E-state index contributed by atoms with van der Waals surface area (Å²) >= 11 is 11.9. The summed E-state index contributed by atoms with van der Waals surface area (Å²) in [6, 6.07) is 5.27. The van der Waals surface area contributed by atoms with E-state index in [4.69, 9.17) is 27.9 Å². The number of alkyl halides is 2. The molecule has 0 aliphatic rings. The highest BCUT2D eigenvalue weighted by Crippen LogP contribution is 2.25. The SMILES string of the molecule is CC(NCCOCC(F)F)c1ccc(Cl)cc1Cl. The van der Waals surface area contributed by atoms with Gasteiger partial charge in [0.1, 0.15) is 6.61 Å². The largest absolute Gasteiger partial charge is 0.374 e. The minimum absolute atomic E-state index is 0.00455. The van der Waals surface area contributed by atoms with Crippen molar-refractivity contribution in [3.8, 4) is 0 Å². The Morgan fingerprint density at radius 3 is 2.67 bits per heavy atom. The maximum Gasteiger partial charge on any atom is 0.261 e. The van der Waals surface area contributed by atoms with Gasteiger partial charge in [-0.3, -0.25) is 0 Å². The molecule has 0 aliphatic carbocycles. The fourth-order valence-electron chi connectivity index (χ4n) is 1.48. The minimum Gasteiger partial charge on any atom is -0.374 e. The molecule has 102 valence electrons. The minimum atomic E-state index is -2.42.